The van der Waals surface area contributed by atoms with E-state index in [2.05, 4.69) is 11.2 Å². The molecule has 2 heterocycles. The summed E-state index contributed by atoms with van der Waals surface area (Å²) in [5.41, 5.74) is -2.60. The fourth-order valence-electron chi connectivity index (χ4n) is 3.28. The van der Waals surface area contributed by atoms with Crippen LogP contribution < -0.4 is 15.8 Å². The van der Waals surface area contributed by atoms with Crippen molar-refractivity contribution in [3.05, 3.63) is 62.8 Å². The average molecular weight is 448 g/mol. The molecule has 3 rings (SSSR count). The van der Waals surface area contributed by atoms with Crippen LogP contribution in [0.1, 0.15) is 39.3 Å². The normalized spacial score (nSPS) is 13.0. The number of benzene rings is 1. The summed E-state index contributed by atoms with van der Waals surface area (Å²) in [6, 6.07) is 0.917. The minimum Gasteiger partial charge on any atom is -0.502 e. The maximum atomic E-state index is 13.8. The molecule has 0 aliphatic carbocycles. The summed E-state index contributed by atoms with van der Waals surface area (Å²) < 4.78 is 41.9. The summed E-state index contributed by atoms with van der Waals surface area (Å²) in [6.07, 6.45) is 7.31. The van der Waals surface area contributed by atoms with Crippen LogP contribution in [0.2, 0.25) is 0 Å². The number of fused-ring (bicyclic) bond motifs is 1. The van der Waals surface area contributed by atoms with Gasteiger partial charge in [-0.1, -0.05) is 0 Å². The number of aromatic hydroxyl groups is 1. The second-order valence-corrected chi connectivity index (χ2v) is 7.13. The Kier molecular flexibility index (Phi) is 6.43. The highest BCUT2D eigenvalue weighted by Crippen LogP contribution is 2.21. The fraction of sp³-hybridized carbons (Fsp3) is 0.286. The van der Waals surface area contributed by atoms with E-state index in [1.807, 2.05) is 0 Å². The molecule has 32 heavy (non-hydrogen) atoms. The number of hydrogen-bond donors (Lipinski definition) is 2. The van der Waals surface area contributed by atoms with Crippen LogP contribution in [0.15, 0.2) is 23.1 Å². The van der Waals surface area contributed by atoms with Gasteiger partial charge in [-0.3, -0.25) is 24.1 Å². The lowest BCUT2D eigenvalue weighted by Gasteiger charge is -2.38. The van der Waals surface area contributed by atoms with Crippen LogP contribution in [0.25, 0.3) is 0 Å². The number of aromatic nitrogens is 1. The van der Waals surface area contributed by atoms with Crippen molar-refractivity contribution in [1.82, 2.24) is 14.9 Å². The molecular formula is C21H19F3N4O4. The maximum Gasteiger partial charge on any atom is 0.277 e. The van der Waals surface area contributed by atoms with E-state index in [0.717, 1.165) is 6.20 Å². The lowest BCUT2D eigenvalue weighted by Crippen LogP contribution is -2.53. The van der Waals surface area contributed by atoms with E-state index in [4.69, 9.17) is 6.42 Å². The standard InChI is InChI=1S/C21H19F3N4O4/c1-3-4-5-6-27-11-26(2)21(32)17-19(30)18(29)14(10-28(17)27)20(31)25-9-13-15(23)7-12(22)8-16(13)24/h1,7-8,10,30H,4-6,9,11H2,2H3,(H,25,31). The number of amides is 2. The number of nitrogens with zero attached hydrogens (tertiary/aromatic N) is 3. The van der Waals surface area contributed by atoms with Gasteiger partial charge in [0.2, 0.25) is 5.43 Å². The van der Waals surface area contributed by atoms with Crippen molar-refractivity contribution in [1.29, 1.82) is 0 Å². The number of hydrogen-bond acceptors (Lipinski definition) is 5. The smallest absolute Gasteiger partial charge is 0.277 e. The first-order chi connectivity index (χ1) is 15.1. The van der Waals surface area contributed by atoms with Crippen LogP contribution >= 0.6 is 0 Å². The first-order valence-corrected chi connectivity index (χ1v) is 9.50. The number of rotatable bonds is 6. The van der Waals surface area contributed by atoms with Crippen LogP contribution in [0.4, 0.5) is 13.2 Å². The van der Waals surface area contributed by atoms with Crippen LogP contribution in [-0.2, 0) is 6.54 Å². The molecule has 0 bridgehead atoms. The Morgan fingerprint density at radius 2 is 1.91 bits per heavy atom. The van der Waals surface area contributed by atoms with Gasteiger partial charge >= 0.3 is 0 Å². The molecule has 0 fully saturated rings. The Hall–Kier alpha value is -3.94. The molecule has 1 aromatic carbocycles. The van der Waals surface area contributed by atoms with Crippen LogP contribution in [0.3, 0.4) is 0 Å². The Bertz CT molecular complexity index is 1170. The molecule has 0 spiro atoms. The van der Waals surface area contributed by atoms with Gasteiger partial charge in [0.05, 0.1) is 0 Å². The minimum atomic E-state index is -1.21. The summed E-state index contributed by atoms with van der Waals surface area (Å²) in [7, 11) is 1.48. The van der Waals surface area contributed by atoms with E-state index in [1.54, 1.807) is 5.01 Å². The third-order valence-electron chi connectivity index (χ3n) is 4.91. The molecule has 1 aliphatic heterocycles. The van der Waals surface area contributed by atoms with Crippen molar-refractivity contribution >= 4 is 11.8 Å². The molecule has 0 radical (unpaired) electrons. The number of terminal acetylenes is 1. The summed E-state index contributed by atoms with van der Waals surface area (Å²) in [5, 5.41) is 14.1. The molecule has 2 aromatic rings. The first kappa shape index (κ1) is 22.7. The molecule has 1 aliphatic rings. The van der Waals surface area contributed by atoms with Gasteiger partial charge in [0.15, 0.2) is 11.4 Å². The third kappa shape index (κ3) is 4.25. The van der Waals surface area contributed by atoms with E-state index in [0.29, 0.717) is 31.5 Å². The number of carbonyl (C=O) groups excluding carboxylic acids is 2. The topological polar surface area (TPSA) is 94.9 Å². The molecule has 0 saturated carbocycles. The quantitative estimate of drug-likeness (QED) is 0.513. The zero-order valence-electron chi connectivity index (χ0n) is 17.0. The fourth-order valence-corrected chi connectivity index (χ4v) is 3.28. The van der Waals surface area contributed by atoms with Crippen molar-refractivity contribution in [2.24, 2.45) is 0 Å². The van der Waals surface area contributed by atoms with E-state index in [1.165, 1.54) is 16.6 Å². The Morgan fingerprint density at radius 1 is 1.25 bits per heavy atom. The predicted molar refractivity (Wildman–Crippen MR) is 108 cm³/mol. The summed E-state index contributed by atoms with van der Waals surface area (Å²) in [5.74, 6) is -3.66. The van der Waals surface area contributed by atoms with Crippen molar-refractivity contribution in [2.45, 2.75) is 19.4 Å². The molecule has 2 N–H and O–H groups in total. The van der Waals surface area contributed by atoms with Gasteiger partial charge in [-0.15, -0.1) is 12.3 Å². The highest BCUT2D eigenvalue weighted by molar-refractivity contribution is 5.99. The number of nitrogens with one attached hydrogen (secondary N) is 1. The molecular weight excluding hydrogens is 429 g/mol. The summed E-state index contributed by atoms with van der Waals surface area (Å²) in [4.78, 5) is 38.9. The van der Waals surface area contributed by atoms with Gasteiger partial charge in [-0.25, -0.2) is 13.2 Å². The van der Waals surface area contributed by atoms with E-state index in [9.17, 15) is 32.7 Å². The van der Waals surface area contributed by atoms with Gasteiger partial charge in [0.25, 0.3) is 11.8 Å². The predicted octanol–water partition coefficient (Wildman–Crippen LogP) is 1.30. The van der Waals surface area contributed by atoms with Crippen molar-refractivity contribution in [2.75, 3.05) is 25.3 Å². The van der Waals surface area contributed by atoms with Gasteiger partial charge in [-0.2, -0.15) is 0 Å². The zero-order valence-corrected chi connectivity index (χ0v) is 17.0. The monoisotopic (exact) mass is 448 g/mol. The van der Waals surface area contributed by atoms with Crippen molar-refractivity contribution < 1.29 is 27.9 Å². The molecule has 1 aromatic heterocycles. The van der Waals surface area contributed by atoms with E-state index >= 15 is 0 Å². The molecule has 0 saturated heterocycles. The first-order valence-electron chi connectivity index (χ1n) is 9.50. The van der Waals surface area contributed by atoms with Gasteiger partial charge in [-0.05, 0) is 6.42 Å². The minimum absolute atomic E-state index is 0.103. The lowest BCUT2D eigenvalue weighted by atomic mass is 10.1. The highest BCUT2D eigenvalue weighted by atomic mass is 19.1. The van der Waals surface area contributed by atoms with Gasteiger partial charge in [0.1, 0.15) is 29.7 Å². The molecule has 11 heteroatoms. The molecule has 2 amide bonds. The molecule has 0 unspecified atom stereocenters. The largest absolute Gasteiger partial charge is 0.502 e. The Morgan fingerprint density at radius 3 is 2.53 bits per heavy atom. The zero-order chi connectivity index (χ0) is 23.6. The van der Waals surface area contributed by atoms with Gasteiger partial charge < -0.3 is 15.3 Å². The number of unbranched alkanes of at least 4 members (excludes halogenated alkanes) is 1. The molecule has 168 valence electrons. The summed E-state index contributed by atoms with van der Waals surface area (Å²) >= 11 is 0. The number of carbonyl (C=O) groups is 2. The number of pyridine rings is 1. The van der Waals surface area contributed by atoms with Crippen LogP contribution in [-0.4, -0.2) is 46.8 Å². The van der Waals surface area contributed by atoms with Crippen LogP contribution in [0.5, 0.6) is 5.75 Å². The van der Waals surface area contributed by atoms with Crippen molar-refractivity contribution in [3.8, 4) is 18.1 Å². The van der Waals surface area contributed by atoms with Crippen LogP contribution in [0, 0.1) is 29.8 Å². The van der Waals surface area contributed by atoms with Crippen molar-refractivity contribution in [3.63, 3.8) is 0 Å². The van der Waals surface area contributed by atoms with E-state index < -0.39 is 58.1 Å². The average Bonchev–Trinajstić information content (AvgIpc) is 2.72. The lowest BCUT2D eigenvalue weighted by molar-refractivity contribution is 0.0731. The maximum absolute atomic E-state index is 13.8. The number of halogens is 3. The summed E-state index contributed by atoms with van der Waals surface area (Å²) in [6.45, 7) is -0.220. The SMILES string of the molecule is C#CCCCN1CN(C)C(=O)c2c(O)c(=O)c(C(=O)NCc3c(F)cc(F)cc3F)cn21. The highest BCUT2D eigenvalue weighted by Gasteiger charge is 2.32. The Labute approximate surface area is 180 Å². The Balaban J connectivity index is 1.94. The second-order valence-electron chi connectivity index (χ2n) is 7.13. The molecule has 0 atom stereocenters. The molecule has 8 nitrogen and oxygen atoms in total. The van der Waals surface area contributed by atoms with E-state index in [-0.39, 0.29) is 12.4 Å². The van der Waals surface area contributed by atoms with Gasteiger partial charge in [0, 0.05) is 50.5 Å². The third-order valence-corrected chi connectivity index (χ3v) is 4.91. The second kappa shape index (κ2) is 9.05.